The molecular weight excluding hydrogens is 296 g/mol. The molecule has 3 nitrogen and oxygen atoms in total. The van der Waals surface area contributed by atoms with Gasteiger partial charge in [0.05, 0.1) is 0 Å². The number of hydrogen-bond acceptors (Lipinski definition) is 3. The van der Waals surface area contributed by atoms with Crippen LogP contribution in [0.15, 0.2) is 54.6 Å². The summed E-state index contributed by atoms with van der Waals surface area (Å²) in [4.78, 5) is 4.96. The average molecular weight is 324 g/mol. The van der Waals surface area contributed by atoms with Gasteiger partial charge in [0, 0.05) is 24.8 Å². The standard InChI is InChI=1S/C21H28N2O/c1-22(15-5-8-18-6-3-2-4-7-18)19-13-16-23(17-14-19)20-9-11-21(24)12-10-20/h2-4,6-7,9-12,19,24H,5,8,13-17H2,1H3. The normalized spacial score (nSPS) is 15.8. The van der Waals surface area contributed by atoms with Crippen molar-refractivity contribution in [2.75, 3.05) is 31.6 Å². The van der Waals surface area contributed by atoms with Gasteiger partial charge in [-0.2, -0.15) is 0 Å². The molecule has 24 heavy (non-hydrogen) atoms. The maximum Gasteiger partial charge on any atom is 0.115 e. The van der Waals surface area contributed by atoms with Crippen LogP contribution in [0.5, 0.6) is 5.75 Å². The van der Waals surface area contributed by atoms with Crippen molar-refractivity contribution in [3.05, 3.63) is 60.2 Å². The second kappa shape index (κ2) is 8.20. The van der Waals surface area contributed by atoms with Crippen LogP contribution in [0, 0.1) is 0 Å². The van der Waals surface area contributed by atoms with Crippen LogP contribution in [-0.4, -0.2) is 42.7 Å². The summed E-state index contributed by atoms with van der Waals surface area (Å²) in [6.07, 6.45) is 4.81. The molecule has 0 aromatic heterocycles. The Morgan fingerprint density at radius 3 is 2.33 bits per heavy atom. The Morgan fingerprint density at radius 1 is 1.00 bits per heavy atom. The van der Waals surface area contributed by atoms with Gasteiger partial charge >= 0.3 is 0 Å². The first-order chi connectivity index (χ1) is 11.7. The van der Waals surface area contributed by atoms with E-state index in [-0.39, 0.29) is 0 Å². The first kappa shape index (κ1) is 16.8. The maximum absolute atomic E-state index is 9.41. The van der Waals surface area contributed by atoms with Crippen molar-refractivity contribution in [1.82, 2.24) is 4.90 Å². The fourth-order valence-corrected chi connectivity index (χ4v) is 3.59. The summed E-state index contributed by atoms with van der Waals surface area (Å²) in [5.74, 6) is 0.340. The quantitative estimate of drug-likeness (QED) is 0.872. The number of rotatable bonds is 6. The van der Waals surface area contributed by atoms with Gasteiger partial charge in [0.25, 0.3) is 0 Å². The Kier molecular flexibility index (Phi) is 5.76. The number of nitrogens with zero attached hydrogens (tertiary/aromatic N) is 2. The summed E-state index contributed by atoms with van der Waals surface area (Å²) in [5.41, 5.74) is 2.66. The van der Waals surface area contributed by atoms with Crippen molar-refractivity contribution < 1.29 is 5.11 Å². The van der Waals surface area contributed by atoms with Crippen LogP contribution in [0.3, 0.4) is 0 Å². The maximum atomic E-state index is 9.41. The first-order valence-electron chi connectivity index (χ1n) is 9.00. The van der Waals surface area contributed by atoms with E-state index in [0.29, 0.717) is 11.8 Å². The molecule has 1 fully saturated rings. The lowest BCUT2D eigenvalue weighted by atomic mass is 10.0. The molecule has 0 bridgehead atoms. The number of phenolic OH excluding ortho intramolecular Hbond substituents is 1. The van der Waals surface area contributed by atoms with Crippen LogP contribution < -0.4 is 4.90 Å². The first-order valence-corrected chi connectivity index (χ1v) is 9.00. The van der Waals surface area contributed by atoms with E-state index in [0.717, 1.165) is 19.5 Å². The molecule has 0 saturated carbocycles. The highest BCUT2D eigenvalue weighted by atomic mass is 16.3. The van der Waals surface area contributed by atoms with Crippen LogP contribution in [0.2, 0.25) is 0 Å². The molecule has 0 spiro atoms. The van der Waals surface area contributed by atoms with Gasteiger partial charge in [-0.25, -0.2) is 0 Å². The number of hydrogen-bond donors (Lipinski definition) is 1. The lowest BCUT2D eigenvalue weighted by Crippen LogP contribution is -2.43. The van der Waals surface area contributed by atoms with E-state index in [1.54, 1.807) is 12.1 Å². The van der Waals surface area contributed by atoms with Gasteiger partial charge in [-0.3, -0.25) is 0 Å². The van der Waals surface area contributed by atoms with Crippen LogP contribution in [0.4, 0.5) is 5.69 Å². The highest BCUT2D eigenvalue weighted by molar-refractivity contribution is 5.49. The van der Waals surface area contributed by atoms with Crippen molar-refractivity contribution >= 4 is 5.69 Å². The second-order valence-electron chi connectivity index (χ2n) is 6.80. The van der Waals surface area contributed by atoms with Gasteiger partial charge < -0.3 is 14.9 Å². The number of benzene rings is 2. The number of phenols is 1. The minimum Gasteiger partial charge on any atom is -0.508 e. The van der Waals surface area contributed by atoms with Gasteiger partial charge in [-0.15, -0.1) is 0 Å². The van der Waals surface area contributed by atoms with E-state index >= 15 is 0 Å². The lowest BCUT2D eigenvalue weighted by molar-refractivity contribution is 0.206. The van der Waals surface area contributed by atoms with E-state index < -0.39 is 0 Å². The molecule has 0 amide bonds. The molecule has 2 aromatic carbocycles. The van der Waals surface area contributed by atoms with E-state index in [2.05, 4.69) is 47.2 Å². The highest BCUT2D eigenvalue weighted by Gasteiger charge is 2.22. The molecule has 1 saturated heterocycles. The van der Waals surface area contributed by atoms with E-state index in [9.17, 15) is 5.11 Å². The lowest BCUT2D eigenvalue weighted by Gasteiger charge is -2.38. The third-order valence-corrected chi connectivity index (χ3v) is 5.12. The Labute approximate surface area is 145 Å². The van der Waals surface area contributed by atoms with E-state index in [1.807, 2.05) is 12.1 Å². The van der Waals surface area contributed by atoms with Gasteiger partial charge in [-0.05, 0) is 69.1 Å². The summed E-state index contributed by atoms with van der Waals surface area (Å²) in [5, 5.41) is 9.41. The molecule has 1 N–H and O–H groups in total. The topological polar surface area (TPSA) is 26.7 Å². The van der Waals surface area contributed by atoms with Crippen LogP contribution in [-0.2, 0) is 6.42 Å². The number of piperidine rings is 1. The van der Waals surface area contributed by atoms with Gasteiger partial charge in [0.2, 0.25) is 0 Å². The smallest absolute Gasteiger partial charge is 0.115 e. The number of aromatic hydroxyl groups is 1. The van der Waals surface area contributed by atoms with Gasteiger partial charge in [0.1, 0.15) is 5.75 Å². The summed E-state index contributed by atoms with van der Waals surface area (Å²) in [6, 6.07) is 19.0. The van der Waals surface area contributed by atoms with Crippen molar-refractivity contribution in [2.24, 2.45) is 0 Å². The molecule has 1 heterocycles. The Hall–Kier alpha value is -2.00. The molecule has 0 atom stereocenters. The molecule has 2 aromatic rings. The van der Waals surface area contributed by atoms with Gasteiger partial charge in [-0.1, -0.05) is 30.3 Å². The molecule has 0 radical (unpaired) electrons. The molecule has 0 unspecified atom stereocenters. The molecule has 3 heteroatoms. The van der Waals surface area contributed by atoms with Crippen molar-refractivity contribution in [3.63, 3.8) is 0 Å². The molecular formula is C21H28N2O. The van der Waals surface area contributed by atoms with E-state index in [4.69, 9.17) is 0 Å². The van der Waals surface area contributed by atoms with Crippen molar-refractivity contribution in [3.8, 4) is 5.75 Å². The van der Waals surface area contributed by atoms with Crippen LogP contribution in [0.25, 0.3) is 0 Å². The zero-order chi connectivity index (χ0) is 16.8. The van der Waals surface area contributed by atoms with Crippen molar-refractivity contribution in [2.45, 2.75) is 31.7 Å². The molecule has 3 rings (SSSR count). The zero-order valence-electron chi connectivity index (χ0n) is 14.6. The monoisotopic (exact) mass is 324 g/mol. The Bertz CT molecular complexity index is 603. The summed E-state index contributed by atoms with van der Waals surface area (Å²) in [7, 11) is 2.27. The predicted octanol–water partition coefficient (Wildman–Crippen LogP) is 3.93. The summed E-state index contributed by atoms with van der Waals surface area (Å²) in [6.45, 7) is 3.36. The minimum absolute atomic E-state index is 0.340. The molecule has 1 aliphatic heterocycles. The number of anilines is 1. The van der Waals surface area contributed by atoms with Crippen LogP contribution >= 0.6 is 0 Å². The van der Waals surface area contributed by atoms with Gasteiger partial charge in [0.15, 0.2) is 0 Å². The minimum atomic E-state index is 0.340. The van der Waals surface area contributed by atoms with E-state index in [1.165, 1.54) is 37.1 Å². The average Bonchev–Trinajstić information content (AvgIpc) is 2.63. The van der Waals surface area contributed by atoms with Crippen LogP contribution in [0.1, 0.15) is 24.8 Å². The van der Waals surface area contributed by atoms with Crippen molar-refractivity contribution in [1.29, 1.82) is 0 Å². The fourth-order valence-electron chi connectivity index (χ4n) is 3.59. The number of aryl methyl sites for hydroxylation is 1. The Balaban J connectivity index is 1.41. The molecule has 1 aliphatic rings. The predicted molar refractivity (Wildman–Crippen MR) is 101 cm³/mol. The Morgan fingerprint density at radius 2 is 1.67 bits per heavy atom. The largest absolute Gasteiger partial charge is 0.508 e. The SMILES string of the molecule is CN(CCCc1ccccc1)C1CCN(c2ccc(O)cc2)CC1. The summed E-state index contributed by atoms with van der Waals surface area (Å²) >= 11 is 0. The highest BCUT2D eigenvalue weighted by Crippen LogP contribution is 2.24. The third kappa shape index (κ3) is 4.51. The third-order valence-electron chi connectivity index (χ3n) is 5.12. The summed E-state index contributed by atoms with van der Waals surface area (Å²) < 4.78 is 0. The molecule has 0 aliphatic carbocycles. The second-order valence-corrected chi connectivity index (χ2v) is 6.80. The molecule has 128 valence electrons. The fraction of sp³-hybridized carbons (Fsp3) is 0.429. The zero-order valence-corrected chi connectivity index (χ0v) is 14.6.